The lowest BCUT2D eigenvalue weighted by Gasteiger charge is -2.08. The molecule has 1 heterocycles. The van der Waals surface area contributed by atoms with Gasteiger partial charge < -0.3 is 10.4 Å². The van der Waals surface area contributed by atoms with E-state index in [1.165, 1.54) is 36.5 Å². The maximum absolute atomic E-state index is 13.7. The van der Waals surface area contributed by atoms with E-state index in [4.69, 9.17) is 11.6 Å². The first-order chi connectivity index (χ1) is 12.9. The molecular weight excluding hydrogens is 376 g/mol. The van der Waals surface area contributed by atoms with Gasteiger partial charge in [-0.25, -0.2) is 18.7 Å². The average Bonchev–Trinajstić information content (AvgIpc) is 2.65. The molecule has 8 heteroatoms. The van der Waals surface area contributed by atoms with Crippen LogP contribution in [-0.2, 0) is 0 Å². The molecular formula is C19H12ClF2N3O2. The second-order valence-corrected chi connectivity index (χ2v) is 5.75. The van der Waals surface area contributed by atoms with Crippen molar-refractivity contribution >= 4 is 35.0 Å². The maximum atomic E-state index is 13.7. The Morgan fingerprint density at radius 2 is 1.74 bits per heavy atom. The molecule has 0 fully saturated rings. The number of halogens is 3. The first-order valence-electron chi connectivity index (χ1n) is 7.69. The molecule has 3 aromatic rings. The Morgan fingerprint density at radius 3 is 2.44 bits per heavy atom. The molecule has 0 bridgehead atoms. The van der Waals surface area contributed by atoms with Gasteiger partial charge in [0.15, 0.2) is 0 Å². The summed E-state index contributed by atoms with van der Waals surface area (Å²) in [4.78, 5) is 20.0. The summed E-state index contributed by atoms with van der Waals surface area (Å²) >= 11 is 5.70. The van der Waals surface area contributed by atoms with Crippen molar-refractivity contribution in [3.8, 4) is 0 Å². The zero-order chi connectivity index (χ0) is 19.4. The predicted molar refractivity (Wildman–Crippen MR) is 98.3 cm³/mol. The van der Waals surface area contributed by atoms with Gasteiger partial charge in [-0.1, -0.05) is 18.2 Å². The number of hydrogen-bond donors (Lipinski definition) is 2. The number of nitrogens with one attached hydrogen (secondary N) is 1. The third-order valence-corrected chi connectivity index (χ3v) is 3.74. The third kappa shape index (κ3) is 4.45. The SMILES string of the molecule is O=C(Nc1c(F)cccc1F)c1cccc(C(O)=Cc2ccnc(Cl)n2)c1. The topological polar surface area (TPSA) is 75.1 Å². The van der Waals surface area contributed by atoms with E-state index in [9.17, 15) is 18.7 Å². The van der Waals surface area contributed by atoms with Gasteiger partial charge in [-0.2, -0.15) is 0 Å². The number of aromatic nitrogens is 2. The van der Waals surface area contributed by atoms with Gasteiger partial charge in [0.05, 0.1) is 5.69 Å². The lowest BCUT2D eigenvalue weighted by molar-refractivity contribution is 0.102. The molecule has 2 N–H and O–H groups in total. The lowest BCUT2D eigenvalue weighted by Crippen LogP contribution is -2.14. The molecule has 0 atom stereocenters. The summed E-state index contributed by atoms with van der Waals surface area (Å²) in [5, 5.41) is 12.5. The van der Waals surface area contributed by atoms with E-state index in [0.717, 1.165) is 12.1 Å². The molecule has 5 nitrogen and oxygen atoms in total. The third-order valence-electron chi connectivity index (χ3n) is 3.55. The maximum Gasteiger partial charge on any atom is 0.255 e. The van der Waals surface area contributed by atoms with Crippen LogP contribution in [0.5, 0.6) is 0 Å². The van der Waals surface area contributed by atoms with Gasteiger partial charge in [0, 0.05) is 23.4 Å². The van der Waals surface area contributed by atoms with Crippen molar-refractivity contribution in [1.82, 2.24) is 9.97 Å². The van der Waals surface area contributed by atoms with E-state index in [1.807, 2.05) is 0 Å². The van der Waals surface area contributed by atoms with Crippen molar-refractivity contribution < 1.29 is 18.7 Å². The van der Waals surface area contributed by atoms with Crippen LogP contribution in [0, 0.1) is 11.6 Å². The van der Waals surface area contributed by atoms with Gasteiger partial charge in [0.25, 0.3) is 5.91 Å². The Labute approximate surface area is 158 Å². The monoisotopic (exact) mass is 387 g/mol. The summed E-state index contributed by atoms with van der Waals surface area (Å²) in [6.45, 7) is 0. The smallest absolute Gasteiger partial charge is 0.255 e. The van der Waals surface area contributed by atoms with Crippen LogP contribution >= 0.6 is 11.6 Å². The Balaban J connectivity index is 1.86. The molecule has 27 heavy (non-hydrogen) atoms. The number of para-hydroxylation sites is 1. The number of amides is 1. The Bertz CT molecular complexity index is 1020. The second-order valence-electron chi connectivity index (χ2n) is 5.41. The van der Waals surface area contributed by atoms with Crippen LogP contribution in [0.15, 0.2) is 54.7 Å². The standard InChI is InChI=1S/C19H12ClF2N3O2/c20-19-23-8-7-13(24-19)10-16(26)11-3-1-4-12(9-11)18(27)25-17-14(21)5-2-6-15(17)22/h1-10,26H,(H,25,27). The molecule has 2 aromatic carbocycles. The number of carbonyl (C=O) groups excluding carboxylic acids is 1. The molecule has 0 unspecified atom stereocenters. The molecule has 0 aliphatic heterocycles. The van der Waals surface area contributed by atoms with E-state index in [1.54, 1.807) is 12.1 Å². The summed E-state index contributed by atoms with van der Waals surface area (Å²) in [7, 11) is 0. The van der Waals surface area contributed by atoms with Crippen LogP contribution in [0.4, 0.5) is 14.5 Å². The first kappa shape index (κ1) is 18.5. The Hall–Kier alpha value is -3.32. The van der Waals surface area contributed by atoms with Crippen LogP contribution < -0.4 is 5.32 Å². The molecule has 0 spiro atoms. The quantitative estimate of drug-likeness (QED) is 0.502. The van der Waals surface area contributed by atoms with Crippen LogP contribution in [0.1, 0.15) is 21.6 Å². The number of aliphatic hydroxyl groups excluding tert-OH is 1. The molecule has 0 aliphatic carbocycles. The number of hydrogen-bond acceptors (Lipinski definition) is 4. The van der Waals surface area contributed by atoms with Crippen molar-refractivity contribution in [3.05, 3.63) is 88.5 Å². The predicted octanol–water partition coefficient (Wildman–Crippen LogP) is 4.72. The average molecular weight is 388 g/mol. The van der Waals surface area contributed by atoms with E-state index in [0.29, 0.717) is 11.3 Å². The van der Waals surface area contributed by atoms with Gasteiger partial charge >= 0.3 is 0 Å². The van der Waals surface area contributed by atoms with Crippen LogP contribution in [-0.4, -0.2) is 21.0 Å². The zero-order valence-corrected chi connectivity index (χ0v) is 14.4. The van der Waals surface area contributed by atoms with Crippen molar-refractivity contribution in [2.24, 2.45) is 0 Å². The highest BCUT2D eigenvalue weighted by Gasteiger charge is 2.14. The van der Waals surface area contributed by atoms with Crippen molar-refractivity contribution in [3.63, 3.8) is 0 Å². The van der Waals surface area contributed by atoms with Crippen LogP contribution in [0.3, 0.4) is 0 Å². The normalized spacial score (nSPS) is 11.3. The molecule has 1 amide bonds. The molecule has 0 radical (unpaired) electrons. The van der Waals surface area contributed by atoms with Gasteiger partial charge in [-0.15, -0.1) is 0 Å². The summed E-state index contributed by atoms with van der Waals surface area (Å²) in [6.07, 6.45) is 2.78. The van der Waals surface area contributed by atoms with Gasteiger partial charge in [-0.3, -0.25) is 4.79 Å². The fourth-order valence-corrected chi connectivity index (χ4v) is 2.43. The fraction of sp³-hybridized carbons (Fsp3) is 0. The van der Waals surface area contributed by atoms with E-state index < -0.39 is 23.2 Å². The summed E-state index contributed by atoms with van der Waals surface area (Å²) < 4.78 is 27.4. The summed E-state index contributed by atoms with van der Waals surface area (Å²) in [6, 6.07) is 10.7. The largest absolute Gasteiger partial charge is 0.507 e. The number of nitrogens with zero attached hydrogens (tertiary/aromatic N) is 2. The van der Waals surface area contributed by atoms with Crippen LogP contribution in [0.2, 0.25) is 5.28 Å². The van der Waals surface area contributed by atoms with Crippen molar-refractivity contribution in [2.45, 2.75) is 0 Å². The molecule has 0 aliphatic rings. The highest BCUT2D eigenvalue weighted by atomic mass is 35.5. The molecule has 0 saturated carbocycles. The van der Waals surface area contributed by atoms with Crippen molar-refractivity contribution in [2.75, 3.05) is 5.32 Å². The first-order valence-corrected chi connectivity index (χ1v) is 8.07. The van der Waals surface area contributed by atoms with E-state index >= 15 is 0 Å². The minimum absolute atomic E-state index is 0.0246. The minimum atomic E-state index is -0.886. The molecule has 3 rings (SSSR count). The zero-order valence-electron chi connectivity index (χ0n) is 13.7. The highest BCUT2D eigenvalue weighted by Crippen LogP contribution is 2.21. The van der Waals surface area contributed by atoms with Gasteiger partial charge in [0.2, 0.25) is 5.28 Å². The number of aliphatic hydroxyl groups is 1. The number of carbonyl (C=O) groups is 1. The Kier molecular flexibility index (Phi) is 5.42. The second kappa shape index (κ2) is 7.92. The van der Waals surface area contributed by atoms with Gasteiger partial charge in [-0.05, 0) is 41.9 Å². The van der Waals surface area contributed by atoms with E-state index in [-0.39, 0.29) is 16.6 Å². The summed E-state index contributed by atoms with van der Waals surface area (Å²) in [5.41, 5.74) is 0.251. The van der Waals surface area contributed by atoms with E-state index in [2.05, 4.69) is 15.3 Å². The number of rotatable bonds is 4. The minimum Gasteiger partial charge on any atom is -0.507 e. The summed E-state index contributed by atoms with van der Waals surface area (Å²) in [5.74, 6) is -2.67. The molecule has 136 valence electrons. The van der Waals surface area contributed by atoms with Gasteiger partial charge in [0.1, 0.15) is 23.1 Å². The highest BCUT2D eigenvalue weighted by molar-refractivity contribution is 6.28. The number of anilines is 1. The van der Waals surface area contributed by atoms with Crippen molar-refractivity contribution in [1.29, 1.82) is 0 Å². The molecule has 0 saturated heterocycles. The lowest BCUT2D eigenvalue weighted by atomic mass is 10.1. The molecule has 1 aromatic heterocycles. The van der Waals surface area contributed by atoms with Crippen LogP contribution in [0.25, 0.3) is 11.8 Å². The Morgan fingerprint density at radius 1 is 1.07 bits per heavy atom. The fourth-order valence-electron chi connectivity index (χ4n) is 2.27. The number of benzene rings is 2.